The molecule has 0 fully saturated rings. The van der Waals surface area contributed by atoms with E-state index < -0.39 is 0 Å². The smallest absolute Gasteiger partial charge is 0.251 e. The number of hydrogen-bond acceptors (Lipinski definition) is 7. The van der Waals surface area contributed by atoms with Crippen molar-refractivity contribution in [3.05, 3.63) is 28.4 Å². The predicted molar refractivity (Wildman–Crippen MR) is 71.8 cm³/mol. The van der Waals surface area contributed by atoms with Crippen LogP contribution in [0.25, 0.3) is 0 Å². The Bertz CT molecular complexity index is 643. The van der Waals surface area contributed by atoms with Gasteiger partial charge in [-0.3, -0.25) is 4.79 Å². The number of hydrogen-bond donors (Lipinski definition) is 2. The van der Waals surface area contributed by atoms with Gasteiger partial charge in [-0.1, -0.05) is 0 Å². The summed E-state index contributed by atoms with van der Waals surface area (Å²) in [6.07, 6.45) is 1.42. The molecule has 100 valence electrons. The van der Waals surface area contributed by atoms with Gasteiger partial charge in [0, 0.05) is 18.8 Å². The molecular weight excluding hydrogens is 266 g/mol. The van der Waals surface area contributed by atoms with E-state index in [0.717, 1.165) is 0 Å². The highest BCUT2D eigenvalue weighted by Gasteiger charge is 2.13. The number of nitrogens with one attached hydrogen (secondary N) is 2. The number of anilines is 1. The number of nitrogens with zero attached hydrogens (tertiary/aromatic N) is 3. The lowest BCUT2D eigenvalue weighted by Gasteiger charge is -2.10. The van der Waals surface area contributed by atoms with E-state index in [1.807, 2.05) is 0 Å². The molecule has 0 aliphatic heterocycles. The van der Waals surface area contributed by atoms with Crippen LogP contribution in [0.1, 0.15) is 5.69 Å². The first kappa shape index (κ1) is 13.3. The molecule has 2 aromatic rings. The van der Waals surface area contributed by atoms with Crippen LogP contribution in [0.5, 0.6) is 5.75 Å². The van der Waals surface area contributed by atoms with E-state index in [-0.39, 0.29) is 5.56 Å². The van der Waals surface area contributed by atoms with Crippen LogP contribution in [0.15, 0.2) is 27.4 Å². The van der Waals surface area contributed by atoms with Crippen LogP contribution >= 0.6 is 11.8 Å². The number of ether oxygens (including phenoxy) is 1. The zero-order valence-electron chi connectivity index (χ0n) is 10.7. The zero-order chi connectivity index (χ0) is 13.8. The predicted octanol–water partition coefficient (Wildman–Crippen LogP) is 1.07. The van der Waals surface area contributed by atoms with Crippen molar-refractivity contribution in [2.75, 3.05) is 19.5 Å². The number of aromatic amines is 1. The summed E-state index contributed by atoms with van der Waals surface area (Å²) in [5.74, 6) is 1.09. The van der Waals surface area contributed by atoms with Crippen LogP contribution in [0, 0.1) is 6.92 Å². The normalized spacial score (nSPS) is 10.3. The van der Waals surface area contributed by atoms with Gasteiger partial charge < -0.3 is 15.0 Å². The summed E-state index contributed by atoms with van der Waals surface area (Å²) < 4.78 is 5.27. The van der Waals surface area contributed by atoms with Crippen LogP contribution in [-0.4, -0.2) is 34.1 Å². The highest BCUT2D eigenvalue weighted by atomic mass is 32.2. The fourth-order valence-corrected chi connectivity index (χ4v) is 2.38. The molecule has 0 saturated heterocycles. The molecule has 0 bridgehead atoms. The maximum atomic E-state index is 11.4. The van der Waals surface area contributed by atoms with Gasteiger partial charge in [0.1, 0.15) is 6.33 Å². The Morgan fingerprint density at radius 3 is 2.84 bits per heavy atom. The Morgan fingerprint density at radius 2 is 2.21 bits per heavy atom. The summed E-state index contributed by atoms with van der Waals surface area (Å²) >= 11 is 1.21. The van der Waals surface area contributed by atoms with Gasteiger partial charge in [-0.2, -0.15) is 0 Å². The molecule has 0 aliphatic rings. The maximum absolute atomic E-state index is 11.4. The molecule has 0 radical (unpaired) electrons. The van der Waals surface area contributed by atoms with Gasteiger partial charge in [-0.15, -0.1) is 0 Å². The van der Waals surface area contributed by atoms with E-state index in [1.165, 1.54) is 31.3 Å². The molecule has 2 aromatic heterocycles. The second-order valence-electron chi connectivity index (χ2n) is 3.60. The molecule has 0 aromatic carbocycles. The Morgan fingerprint density at radius 1 is 1.42 bits per heavy atom. The third-order valence-corrected chi connectivity index (χ3v) is 3.12. The Hall–Kier alpha value is -2.09. The van der Waals surface area contributed by atoms with Gasteiger partial charge in [-0.05, 0) is 18.7 Å². The van der Waals surface area contributed by atoms with Gasteiger partial charge >= 0.3 is 0 Å². The van der Waals surface area contributed by atoms with E-state index in [2.05, 4.69) is 25.3 Å². The lowest BCUT2D eigenvalue weighted by molar-refractivity contribution is 0.400. The molecule has 7 nitrogen and oxygen atoms in total. The van der Waals surface area contributed by atoms with E-state index >= 15 is 0 Å². The van der Waals surface area contributed by atoms with Crippen LogP contribution in [0.3, 0.4) is 0 Å². The van der Waals surface area contributed by atoms with Crippen LogP contribution < -0.4 is 15.6 Å². The molecule has 2 heterocycles. The maximum Gasteiger partial charge on any atom is 0.251 e. The number of H-pyrrole nitrogens is 1. The van der Waals surface area contributed by atoms with Crippen molar-refractivity contribution in [2.45, 2.75) is 17.1 Å². The molecule has 19 heavy (non-hydrogen) atoms. The van der Waals surface area contributed by atoms with Gasteiger partial charge in [0.05, 0.1) is 7.11 Å². The lowest BCUT2D eigenvalue weighted by atomic mass is 10.5. The summed E-state index contributed by atoms with van der Waals surface area (Å²) in [6, 6.07) is 1.43. The highest BCUT2D eigenvalue weighted by molar-refractivity contribution is 7.99. The fourth-order valence-electron chi connectivity index (χ4n) is 1.48. The van der Waals surface area contributed by atoms with Crippen LogP contribution in [-0.2, 0) is 0 Å². The van der Waals surface area contributed by atoms with Crippen molar-refractivity contribution in [1.29, 1.82) is 0 Å². The minimum atomic E-state index is -0.197. The van der Waals surface area contributed by atoms with Crippen molar-refractivity contribution in [2.24, 2.45) is 0 Å². The number of methoxy groups -OCH3 is 1. The largest absolute Gasteiger partial charge is 0.490 e. The summed E-state index contributed by atoms with van der Waals surface area (Å²) in [7, 11) is 3.28. The summed E-state index contributed by atoms with van der Waals surface area (Å²) in [4.78, 5) is 26.5. The molecule has 0 atom stereocenters. The van der Waals surface area contributed by atoms with E-state index in [1.54, 1.807) is 14.0 Å². The molecule has 8 heteroatoms. The molecule has 0 saturated carbocycles. The fraction of sp³-hybridized carbons (Fsp3) is 0.273. The zero-order valence-corrected chi connectivity index (χ0v) is 11.5. The van der Waals surface area contributed by atoms with Crippen LogP contribution in [0.4, 0.5) is 5.82 Å². The Kier molecular flexibility index (Phi) is 4.00. The second kappa shape index (κ2) is 5.70. The topological polar surface area (TPSA) is 92.8 Å². The third-order valence-electron chi connectivity index (χ3n) is 2.25. The highest BCUT2D eigenvalue weighted by Crippen LogP contribution is 2.34. The van der Waals surface area contributed by atoms with Crippen molar-refractivity contribution in [3.63, 3.8) is 0 Å². The Balaban J connectivity index is 2.40. The first-order chi connectivity index (χ1) is 9.13. The first-order valence-corrected chi connectivity index (χ1v) is 6.28. The second-order valence-corrected chi connectivity index (χ2v) is 4.58. The lowest BCUT2D eigenvalue weighted by Crippen LogP contribution is -2.08. The standard InChI is InChI=1S/C11H13N5O2S/c1-6-4-7(17)16-11(15-6)19-10-8(18-3)9(12-2)13-5-14-10/h4-5H,1-3H3,(H,12,13,14)(H,15,16,17). The minimum absolute atomic E-state index is 0.197. The average Bonchev–Trinajstić information content (AvgIpc) is 2.37. The molecule has 2 N–H and O–H groups in total. The first-order valence-electron chi connectivity index (χ1n) is 5.46. The van der Waals surface area contributed by atoms with Crippen molar-refractivity contribution in [3.8, 4) is 5.75 Å². The van der Waals surface area contributed by atoms with Gasteiger partial charge in [0.15, 0.2) is 21.7 Å². The molecule has 0 spiro atoms. The van der Waals surface area contributed by atoms with Crippen LogP contribution in [0.2, 0.25) is 0 Å². The third kappa shape index (κ3) is 3.02. The summed E-state index contributed by atoms with van der Waals surface area (Å²) in [5, 5.41) is 3.95. The molecule has 2 rings (SSSR count). The Labute approximate surface area is 113 Å². The summed E-state index contributed by atoms with van der Waals surface area (Å²) in [5.41, 5.74) is 0.449. The van der Waals surface area contributed by atoms with E-state index in [9.17, 15) is 4.79 Å². The van der Waals surface area contributed by atoms with Crippen molar-refractivity contribution >= 4 is 17.6 Å². The SMILES string of the molecule is CNc1ncnc(Sc2nc(C)cc(=O)[nH]2)c1OC. The number of rotatable bonds is 4. The summed E-state index contributed by atoms with van der Waals surface area (Å²) in [6.45, 7) is 1.76. The van der Waals surface area contributed by atoms with E-state index in [0.29, 0.717) is 27.4 Å². The number of aromatic nitrogens is 4. The molecule has 0 aliphatic carbocycles. The monoisotopic (exact) mass is 279 g/mol. The minimum Gasteiger partial charge on any atom is -0.490 e. The van der Waals surface area contributed by atoms with Crippen molar-refractivity contribution < 1.29 is 4.74 Å². The van der Waals surface area contributed by atoms with Gasteiger partial charge in [-0.25, -0.2) is 15.0 Å². The molecule has 0 amide bonds. The van der Waals surface area contributed by atoms with Gasteiger partial charge in [0.25, 0.3) is 5.56 Å². The quantitative estimate of drug-likeness (QED) is 0.638. The number of aryl methyl sites for hydroxylation is 1. The van der Waals surface area contributed by atoms with Gasteiger partial charge in [0.2, 0.25) is 0 Å². The average molecular weight is 279 g/mol. The van der Waals surface area contributed by atoms with E-state index in [4.69, 9.17) is 4.74 Å². The molecule has 0 unspecified atom stereocenters. The molecular formula is C11H13N5O2S. The van der Waals surface area contributed by atoms with Crippen molar-refractivity contribution in [1.82, 2.24) is 19.9 Å².